The fourth-order valence-corrected chi connectivity index (χ4v) is 3.17. The topological polar surface area (TPSA) is 64.3 Å². The van der Waals surface area contributed by atoms with Gasteiger partial charge < -0.3 is 15.4 Å². The van der Waals surface area contributed by atoms with E-state index in [2.05, 4.69) is 28.1 Å². The van der Waals surface area contributed by atoms with Crippen LogP contribution >= 0.6 is 11.5 Å². The number of hydrogen-bond donors (Lipinski definition) is 1. The smallest absolute Gasteiger partial charge is 0.147 e. The Morgan fingerprint density at radius 3 is 2.90 bits per heavy atom. The summed E-state index contributed by atoms with van der Waals surface area (Å²) in [5.74, 6) is 0.564. The minimum atomic E-state index is 0.399. The van der Waals surface area contributed by atoms with E-state index in [0.29, 0.717) is 18.5 Å². The van der Waals surface area contributed by atoms with Crippen molar-refractivity contribution in [1.29, 1.82) is 0 Å². The first-order valence-corrected chi connectivity index (χ1v) is 7.87. The molecule has 0 spiro atoms. The quantitative estimate of drug-likeness (QED) is 0.852. The number of methoxy groups -OCH3 is 1. The number of anilines is 2. The van der Waals surface area contributed by atoms with Crippen LogP contribution in [-0.2, 0) is 4.74 Å². The van der Waals surface area contributed by atoms with Gasteiger partial charge in [0.15, 0.2) is 0 Å². The SMILES string of the molecule is CCC(C)N(CCOC)c1snc(N)c1-c1cccnc1. The Morgan fingerprint density at radius 1 is 1.48 bits per heavy atom. The third-order valence-corrected chi connectivity index (χ3v) is 4.47. The molecule has 0 aliphatic rings. The summed E-state index contributed by atoms with van der Waals surface area (Å²) >= 11 is 1.44. The van der Waals surface area contributed by atoms with Crippen molar-refractivity contribution in [3.63, 3.8) is 0 Å². The lowest BCUT2D eigenvalue weighted by Crippen LogP contribution is -2.35. The number of nitrogens with zero attached hydrogens (tertiary/aromatic N) is 3. The molecule has 1 atom stereocenters. The predicted octanol–water partition coefficient (Wildman–Crippen LogP) is 3.04. The highest BCUT2D eigenvalue weighted by molar-refractivity contribution is 7.11. The molecule has 2 rings (SSSR count). The minimum absolute atomic E-state index is 0.399. The second kappa shape index (κ2) is 7.38. The number of nitrogens with two attached hydrogens (primary N) is 1. The third-order valence-electron chi connectivity index (χ3n) is 3.57. The Hall–Kier alpha value is -1.66. The minimum Gasteiger partial charge on any atom is -0.383 e. The van der Waals surface area contributed by atoms with Crippen LogP contribution in [0.25, 0.3) is 11.1 Å². The molecule has 0 aliphatic heterocycles. The van der Waals surface area contributed by atoms with Gasteiger partial charge in [0, 0.05) is 37.7 Å². The van der Waals surface area contributed by atoms with Gasteiger partial charge in [-0.3, -0.25) is 4.98 Å². The molecular formula is C15H22N4OS. The molecule has 0 radical (unpaired) electrons. The van der Waals surface area contributed by atoms with Crippen molar-refractivity contribution in [2.75, 3.05) is 30.9 Å². The van der Waals surface area contributed by atoms with Crippen LogP contribution in [0.1, 0.15) is 20.3 Å². The molecule has 0 saturated heterocycles. The highest BCUT2D eigenvalue weighted by Crippen LogP contribution is 2.39. The summed E-state index contributed by atoms with van der Waals surface area (Å²) in [5.41, 5.74) is 8.08. The van der Waals surface area contributed by atoms with Gasteiger partial charge in [-0.2, -0.15) is 4.37 Å². The highest BCUT2D eigenvalue weighted by atomic mass is 32.1. The van der Waals surface area contributed by atoms with E-state index >= 15 is 0 Å². The molecule has 0 aromatic carbocycles. The van der Waals surface area contributed by atoms with Crippen molar-refractivity contribution >= 4 is 22.4 Å². The summed E-state index contributed by atoms with van der Waals surface area (Å²) in [6.07, 6.45) is 4.64. The number of rotatable bonds is 7. The molecule has 2 aromatic heterocycles. The number of aromatic nitrogens is 2. The van der Waals surface area contributed by atoms with Gasteiger partial charge in [0.2, 0.25) is 0 Å². The van der Waals surface area contributed by atoms with Gasteiger partial charge in [-0.1, -0.05) is 13.0 Å². The molecule has 2 heterocycles. The molecular weight excluding hydrogens is 284 g/mol. The summed E-state index contributed by atoms with van der Waals surface area (Å²) in [6, 6.07) is 4.33. The van der Waals surface area contributed by atoms with Crippen LogP contribution in [0.5, 0.6) is 0 Å². The summed E-state index contributed by atoms with van der Waals surface area (Å²) in [5, 5.41) is 1.09. The van der Waals surface area contributed by atoms with Gasteiger partial charge in [-0.15, -0.1) is 0 Å². The molecule has 0 fully saturated rings. The standard InChI is InChI=1S/C15H22N4OS/c1-4-11(2)19(8-9-20-3)15-13(14(16)18-21-15)12-6-5-7-17-10-12/h5-7,10-11H,4,8-9H2,1-3H3,(H2,16,18). The molecule has 0 saturated carbocycles. The Balaban J connectivity index is 2.42. The number of nitrogen functional groups attached to an aromatic ring is 1. The zero-order chi connectivity index (χ0) is 15.2. The molecule has 21 heavy (non-hydrogen) atoms. The van der Waals surface area contributed by atoms with Gasteiger partial charge in [0.1, 0.15) is 10.8 Å². The van der Waals surface area contributed by atoms with Gasteiger partial charge in [0.05, 0.1) is 12.2 Å². The Labute approximate surface area is 129 Å². The van der Waals surface area contributed by atoms with E-state index in [1.807, 2.05) is 18.3 Å². The Morgan fingerprint density at radius 2 is 2.29 bits per heavy atom. The van der Waals surface area contributed by atoms with E-state index in [1.165, 1.54) is 11.5 Å². The van der Waals surface area contributed by atoms with Crippen LogP contribution in [0.3, 0.4) is 0 Å². The molecule has 114 valence electrons. The fourth-order valence-electron chi connectivity index (χ4n) is 2.20. The zero-order valence-corrected chi connectivity index (χ0v) is 13.6. The lowest BCUT2D eigenvalue weighted by molar-refractivity contribution is 0.203. The van der Waals surface area contributed by atoms with Crippen molar-refractivity contribution in [2.24, 2.45) is 0 Å². The van der Waals surface area contributed by atoms with Crippen molar-refractivity contribution in [1.82, 2.24) is 9.36 Å². The average molecular weight is 306 g/mol. The maximum atomic E-state index is 6.10. The van der Waals surface area contributed by atoms with E-state index < -0.39 is 0 Å². The van der Waals surface area contributed by atoms with E-state index in [1.54, 1.807) is 13.3 Å². The molecule has 0 amide bonds. The molecule has 2 aromatic rings. The van der Waals surface area contributed by atoms with Crippen LogP contribution in [0, 0.1) is 0 Å². The zero-order valence-electron chi connectivity index (χ0n) is 12.7. The van der Waals surface area contributed by atoms with Crippen molar-refractivity contribution in [2.45, 2.75) is 26.3 Å². The summed E-state index contributed by atoms with van der Waals surface area (Å²) in [7, 11) is 1.72. The van der Waals surface area contributed by atoms with Gasteiger partial charge in [-0.05, 0) is 30.9 Å². The van der Waals surface area contributed by atoms with Crippen LogP contribution in [0.2, 0.25) is 0 Å². The number of hydrogen-bond acceptors (Lipinski definition) is 6. The first-order valence-electron chi connectivity index (χ1n) is 7.10. The van der Waals surface area contributed by atoms with E-state index in [0.717, 1.165) is 29.1 Å². The van der Waals surface area contributed by atoms with Gasteiger partial charge >= 0.3 is 0 Å². The molecule has 0 aliphatic carbocycles. The predicted molar refractivity (Wildman–Crippen MR) is 88.7 cm³/mol. The van der Waals surface area contributed by atoms with E-state index in [-0.39, 0.29) is 0 Å². The largest absolute Gasteiger partial charge is 0.383 e. The van der Waals surface area contributed by atoms with Crippen molar-refractivity contribution in [3.05, 3.63) is 24.5 Å². The summed E-state index contributed by atoms with van der Waals surface area (Å²) in [6.45, 7) is 5.88. The highest BCUT2D eigenvalue weighted by Gasteiger charge is 2.22. The second-order valence-electron chi connectivity index (χ2n) is 4.93. The average Bonchev–Trinajstić information content (AvgIpc) is 2.90. The van der Waals surface area contributed by atoms with Gasteiger partial charge in [0.25, 0.3) is 0 Å². The fraction of sp³-hybridized carbons (Fsp3) is 0.467. The summed E-state index contributed by atoms with van der Waals surface area (Å²) in [4.78, 5) is 6.51. The van der Waals surface area contributed by atoms with Crippen molar-refractivity contribution in [3.8, 4) is 11.1 Å². The van der Waals surface area contributed by atoms with Crippen molar-refractivity contribution < 1.29 is 4.74 Å². The molecule has 5 nitrogen and oxygen atoms in total. The molecule has 1 unspecified atom stereocenters. The van der Waals surface area contributed by atoms with Crippen LogP contribution in [-0.4, -0.2) is 35.7 Å². The monoisotopic (exact) mass is 306 g/mol. The van der Waals surface area contributed by atoms with Crippen LogP contribution in [0.15, 0.2) is 24.5 Å². The normalized spacial score (nSPS) is 12.3. The Bertz CT molecular complexity index is 558. The van der Waals surface area contributed by atoms with E-state index in [4.69, 9.17) is 10.5 Å². The van der Waals surface area contributed by atoms with E-state index in [9.17, 15) is 0 Å². The Kier molecular flexibility index (Phi) is 5.52. The third kappa shape index (κ3) is 3.51. The van der Waals surface area contributed by atoms with Gasteiger partial charge in [-0.25, -0.2) is 0 Å². The summed E-state index contributed by atoms with van der Waals surface area (Å²) < 4.78 is 9.59. The lowest BCUT2D eigenvalue weighted by atomic mass is 10.1. The first kappa shape index (κ1) is 15.7. The number of pyridine rings is 1. The maximum absolute atomic E-state index is 6.10. The molecule has 6 heteroatoms. The molecule has 0 bridgehead atoms. The second-order valence-corrected chi connectivity index (χ2v) is 5.68. The van der Waals surface area contributed by atoms with Crippen LogP contribution < -0.4 is 10.6 Å². The van der Waals surface area contributed by atoms with Crippen LogP contribution in [0.4, 0.5) is 10.8 Å². The lowest BCUT2D eigenvalue weighted by Gasteiger charge is -2.29. The first-order chi connectivity index (χ1) is 10.2. The molecule has 2 N–H and O–H groups in total. The maximum Gasteiger partial charge on any atom is 0.147 e. The number of ether oxygens (including phenoxy) is 1.